The molecule has 1 aromatic carbocycles. The van der Waals surface area contributed by atoms with Crippen molar-refractivity contribution in [2.45, 2.75) is 44.2 Å². The highest BCUT2D eigenvalue weighted by atomic mass is 35.5. The number of carbonyl (C=O) groups is 2. The van der Waals surface area contributed by atoms with Crippen LogP contribution in [0.15, 0.2) is 24.4 Å². The molecular weight excluding hydrogens is 385 g/mol. The number of hydrogen-bond donors (Lipinski definition) is 3. The summed E-state index contributed by atoms with van der Waals surface area (Å²) in [7, 11) is 0. The van der Waals surface area contributed by atoms with E-state index in [1.165, 1.54) is 12.1 Å². The second kappa shape index (κ2) is 6.51. The molecule has 28 heavy (non-hydrogen) atoms. The van der Waals surface area contributed by atoms with Crippen LogP contribution in [0.25, 0.3) is 0 Å². The third kappa shape index (κ3) is 3.24. The quantitative estimate of drug-likeness (QED) is 0.690. The van der Waals surface area contributed by atoms with Gasteiger partial charge in [0.05, 0.1) is 5.02 Å². The minimum Gasteiger partial charge on any atom is -0.484 e. The lowest BCUT2D eigenvalue weighted by Gasteiger charge is -2.70. The molecule has 0 radical (unpaired) electrons. The maximum absolute atomic E-state index is 13.4. The number of H-pyrrole nitrogens is 1. The van der Waals surface area contributed by atoms with Gasteiger partial charge in [-0.1, -0.05) is 11.6 Å². The Bertz CT molecular complexity index is 952. The van der Waals surface area contributed by atoms with Crippen molar-refractivity contribution in [2.75, 3.05) is 6.61 Å². The van der Waals surface area contributed by atoms with Gasteiger partial charge >= 0.3 is 0 Å². The first-order chi connectivity index (χ1) is 13.2. The number of aromatic nitrogens is 1. The number of amides is 2. The zero-order valence-electron chi connectivity index (χ0n) is 15.6. The molecule has 2 aromatic rings. The molecule has 8 heteroatoms. The first-order valence-electron chi connectivity index (χ1n) is 9.07. The maximum Gasteiger partial charge on any atom is 0.268 e. The molecule has 0 spiro atoms. The van der Waals surface area contributed by atoms with Crippen molar-refractivity contribution >= 4 is 23.4 Å². The summed E-state index contributed by atoms with van der Waals surface area (Å²) in [5.74, 6) is -0.733. The molecule has 2 amide bonds. The Morgan fingerprint density at radius 2 is 1.89 bits per heavy atom. The lowest BCUT2D eigenvalue weighted by atomic mass is 9.44. The van der Waals surface area contributed by atoms with Gasteiger partial charge in [0.2, 0.25) is 0 Å². The van der Waals surface area contributed by atoms with E-state index in [4.69, 9.17) is 16.3 Å². The fraction of sp³-hybridized carbons (Fsp3) is 0.400. The Kier molecular flexibility index (Phi) is 4.38. The lowest BCUT2D eigenvalue weighted by molar-refractivity contribution is -0.141. The summed E-state index contributed by atoms with van der Waals surface area (Å²) in [6, 6.07) is 4.03. The molecule has 1 aromatic heterocycles. The van der Waals surface area contributed by atoms with Crippen LogP contribution < -0.4 is 15.4 Å². The number of nitrogens with one attached hydrogen (secondary N) is 3. The molecule has 5 rings (SSSR count). The number of halogens is 2. The van der Waals surface area contributed by atoms with Gasteiger partial charge in [0.15, 0.2) is 6.61 Å². The van der Waals surface area contributed by atoms with Crippen LogP contribution in [0.3, 0.4) is 0 Å². The average molecular weight is 406 g/mol. The van der Waals surface area contributed by atoms with Crippen LogP contribution >= 0.6 is 11.6 Å². The smallest absolute Gasteiger partial charge is 0.268 e. The summed E-state index contributed by atoms with van der Waals surface area (Å²) < 4.78 is 18.7. The molecule has 3 saturated carbocycles. The van der Waals surface area contributed by atoms with E-state index in [1.807, 2.05) is 20.0 Å². The third-order valence-electron chi connectivity index (χ3n) is 5.70. The van der Waals surface area contributed by atoms with Gasteiger partial charge in [-0.05, 0) is 56.4 Å². The normalized spacial score (nSPS) is 24.7. The van der Waals surface area contributed by atoms with E-state index >= 15 is 0 Å². The van der Waals surface area contributed by atoms with Crippen molar-refractivity contribution in [1.82, 2.24) is 15.6 Å². The predicted octanol–water partition coefficient (Wildman–Crippen LogP) is 3.02. The van der Waals surface area contributed by atoms with Gasteiger partial charge < -0.3 is 20.4 Å². The van der Waals surface area contributed by atoms with Crippen molar-refractivity contribution in [2.24, 2.45) is 0 Å². The fourth-order valence-electron chi connectivity index (χ4n) is 4.23. The van der Waals surface area contributed by atoms with E-state index in [0.29, 0.717) is 25.0 Å². The van der Waals surface area contributed by atoms with Crippen molar-refractivity contribution < 1.29 is 18.7 Å². The standard InChI is InChI=1S/C20H21ClFN3O3/c1-11-6-23-17(12(11)2)18(27)25-20-8-19(9-20,10-20)24-16(26)7-28-13-3-4-14(21)15(22)5-13/h3-6,23H,7-10H2,1-2H3,(H,24,26)(H,25,27). The predicted molar refractivity (Wildman–Crippen MR) is 102 cm³/mol. The summed E-state index contributed by atoms with van der Waals surface area (Å²) in [5.41, 5.74) is 2.06. The molecule has 1 heterocycles. The van der Waals surface area contributed by atoms with Crippen molar-refractivity contribution in [1.29, 1.82) is 0 Å². The Morgan fingerprint density at radius 1 is 1.21 bits per heavy atom. The molecule has 3 aliphatic carbocycles. The van der Waals surface area contributed by atoms with Gasteiger partial charge in [0, 0.05) is 23.3 Å². The molecule has 0 aliphatic heterocycles. The van der Waals surface area contributed by atoms with Gasteiger partial charge in [-0.25, -0.2) is 4.39 Å². The summed E-state index contributed by atoms with van der Waals surface area (Å²) in [6.07, 6.45) is 3.92. The zero-order chi connectivity index (χ0) is 20.1. The molecule has 0 unspecified atom stereocenters. The van der Waals surface area contributed by atoms with Crippen LogP contribution in [0, 0.1) is 19.7 Å². The van der Waals surface area contributed by atoms with E-state index < -0.39 is 5.82 Å². The number of carbonyl (C=O) groups excluding carboxylic acids is 2. The summed E-state index contributed by atoms with van der Waals surface area (Å²) >= 11 is 5.62. The molecule has 3 aliphatic rings. The second-order valence-corrected chi connectivity index (χ2v) is 8.34. The fourth-order valence-corrected chi connectivity index (χ4v) is 4.35. The first-order valence-corrected chi connectivity index (χ1v) is 9.45. The Hall–Kier alpha value is -2.54. The molecule has 3 fully saturated rings. The molecule has 2 bridgehead atoms. The Morgan fingerprint density at radius 3 is 2.50 bits per heavy atom. The van der Waals surface area contributed by atoms with Gasteiger partial charge in [-0.15, -0.1) is 0 Å². The van der Waals surface area contributed by atoms with E-state index in [-0.39, 0.29) is 40.3 Å². The zero-order valence-corrected chi connectivity index (χ0v) is 16.4. The average Bonchev–Trinajstić information content (AvgIpc) is 2.92. The Balaban J connectivity index is 1.25. The highest BCUT2D eigenvalue weighted by Crippen LogP contribution is 2.60. The van der Waals surface area contributed by atoms with Crippen molar-refractivity contribution in [3.63, 3.8) is 0 Å². The third-order valence-corrected chi connectivity index (χ3v) is 6.01. The van der Waals surface area contributed by atoms with Crippen LogP contribution in [0.1, 0.15) is 40.9 Å². The highest BCUT2D eigenvalue weighted by Gasteiger charge is 2.69. The van der Waals surface area contributed by atoms with Crippen LogP contribution in [-0.2, 0) is 4.79 Å². The van der Waals surface area contributed by atoms with Crippen LogP contribution in [-0.4, -0.2) is 34.5 Å². The summed E-state index contributed by atoms with van der Waals surface area (Å²) in [4.78, 5) is 27.6. The van der Waals surface area contributed by atoms with Gasteiger partial charge in [-0.2, -0.15) is 0 Å². The van der Waals surface area contributed by atoms with Gasteiger partial charge in [0.1, 0.15) is 17.3 Å². The molecule has 3 N–H and O–H groups in total. The van der Waals surface area contributed by atoms with Crippen LogP contribution in [0.4, 0.5) is 4.39 Å². The monoisotopic (exact) mass is 405 g/mol. The van der Waals surface area contributed by atoms with E-state index in [2.05, 4.69) is 15.6 Å². The summed E-state index contributed by atoms with van der Waals surface area (Å²) in [6.45, 7) is 3.66. The molecule has 0 saturated heterocycles. The van der Waals surface area contributed by atoms with Gasteiger partial charge in [0.25, 0.3) is 11.8 Å². The number of rotatable bonds is 6. The summed E-state index contributed by atoms with van der Waals surface area (Å²) in [5, 5.41) is 6.06. The number of aromatic amines is 1. The number of benzene rings is 1. The second-order valence-electron chi connectivity index (χ2n) is 7.93. The highest BCUT2D eigenvalue weighted by molar-refractivity contribution is 6.30. The molecular formula is C20H21ClFN3O3. The first kappa shape index (κ1) is 18.8. The molecule has 148 valence electrons. The SMILES string of the molecule is Cc1c[nH]c(C(=O)NC23CC(NC(=O)COc4ccc(Cl)c(F)c4)(C2)C3)c1C. The largest absolute Gasteiger partial charge is 0.484 e. The van der Waals surface area contributed by atoms with Crippen LogP contribution in [0.5, 0.6) is 5.75 Å². The van der Waals surface area contributed by atoms with E-state index in [0.717, 1.165) is 17.2 Å². The van der Waals surface area contributed by atoms with Crippen molar-refractivity contribution in [3.8, 4) is 5.75 Å². The topological polar surface area (TPSA) is 83.2 Å². The van der Waals surface area contributed by atoms with E-state index in [9.17, 15) is 14.0 Å². The maximum atomic E-state index is 13.4. The number of hydrogen-bond acceptors (Lipinski definition) is 3. The number of aryl methyl sites for hydroxylation is 1. The van der Waals surface area contributed by atoms with E-state index in [1.54, 1.807) is 0 Å². The Labute approximate surface area is 166 Å². The minimum absolute atomic E-state index is 0.00251. The molecule has 6 nitrogen and oxygen atoms in total. The van der Waals surface area contributed by atoms with Crippen molar-refractivity contribution in [3.05, 3.63) is 52.1 Å². The number of ether oxygens (including phenoxy) is 1. The molecule has 0 atom stereocenters. The lowest BCUT2D eigenvalue weighted by Crippen LogP contribution is -2.84. The van der Waals surface area contributed by atoms with Gasteiger partial charge in [-0.3, -0.25) is 9.59 Å². The van der Waals surface area contributed by atoms with Crippen LogP contribution in [0.2, 0.25) is 5.02 Å². The minimum atomic E-state index is -0.593.